The molecule has 0 amide bonds. The molecule has 9 heteroatoms. The quantitative estimate of drug-likeness (QED) is 0.603. The molecule has 2 atom stereocenters. The molecule has 1 aromatic heterocycles. The zero-order chi connectivity index (χ0) is 19.2. The highest BCUT2D eigenvalue weighted by Crippen LogP contribution is 2.39. The van der Waals surface area contributed by atoms with Crippen LogP contribution in [0.4, 0.5) is 23.5 Å². The topological polar surface area (TPSA) is 42.7 Å². The standard InChI is InChI=1S/C18H13ClF4N4/c19-12-5-1-11(2-6-12)15-9-14(10-3-7-13(20)8-4-10)24-17-25-16(18(21,22)23)26-27(15)17/h1-8,14-15H,9H2,(H,24,25,26)/t14-,15+/m1/s1. The van der Waals surface area contributed by atoms with Gasteiger partial charge >= 0.3 is 6.18 Å². The molecule has 1 aliphatic rings. The summed E-state index contributed by atoms with van der Waals surface area (Å²) in [5.41, 5.74) is 1.51. The summed E-state index contributed by atoms with van der Waals surface area (Å²) < 4.78 is 53.8. The van der Waals surface area contributed by atoms with E-state index in [9.17, 15) is 17.6 Å². The van der Waals surface area contributed by atoms with Crippen molar-refractivity contribution >= 4 is 17.5 Å². The molecule has 0 unspecified atom stereocenters. The highest BCUT2D eigenvalue weighted by molar-refractivity contribution is 6.30. The largest absolute Gasteiger partial charge is 0.453 e. The number of anilines is 1. The second-order valence-electron chi connectivity index (χ2n) is 6.25. The van der Waals surface area contributed by atoms with E-state index in [0.29, 0.717) is 11.4 Å². The van der Waals surface area contributed by atoms with Crippen LogP contribution in [0.25, 0.3) is 0 Å². The third-order valence-corrected chi connectivity index (χ3v) is 4.72. The number of hydrogen-bond donors (Lipinski definition) is 1. The maximum absolute atomic E-state index is 13.2. The van der Waals surface area contributed by atoms with Gasteiger partial charge < -0.3 is 5.32 Å². The van der Waals surface area contributed by atoms with E-state index in [1.54, 1.807) is 36.4 Å². The minimum atomic E-state index is -4.65. The van der Waals surface area contributed by atoms with E-state index >= 15 is 0 Å². The van der Waals surface area contributed by atoms with E-state index in [2.05, 4.69) is 15.4 Å². The summed E-state index contributed by atoms with van der Waals surface area (Å²) in [6, 6.07) is 11.9. The van der Waals surface area contributed by atoms with Crippen molar-refractivity contribution in [2.45, 2.75) is 24.7 Å². The minimum absolute atomic E-state index is 0.0165. The summed E-state index contributed by atoms with van der Waals surface area (Å²) in [6.07, 6.45) is -4.23. The molecule has 27 heavy (non-hydrogen) atoms. The lowest BCUT2D eigenvalue weighted by Crippen LogP contribution is -2.28. The van der Waals surface area contributed by atoms with Crippen molar-refractivity contribution in [3.63, 3.8) is 0 Å². The predicted molar refractivity (Wildman–Crippen MR) is 92.0 cm³/mol. The lowest BCUT2D eigenvalue weighted by Gasteiger charge is -2.31. The number of alkyl halides is 3. The average Bonchev–Trinajstić information content (AvgIpc) is 3.07. The second-order valence-corrected chi connectivity index (χ2v) is 6.69. The first-order valence-corrected chi connectivity index (χ1v) is 8.50. The van der Waals surface area contributed by atoms with Gasteiger partial charge in [-0.25, -0.2) is 9.07 Å². The van der Waals surface area contributed by atoms with Crippen LogP contribution in [0.5, 0.6) is 0 Å². The molecule has 1 N–H and O–H groups in total. The molecule has 4 rings (SSSR count). The summed E-state index contributed by atoms with van der Waals surface area (Å²) in [5.74, 6) is -1.57. The van der Waals surface area contributed by atoms with Gasteiger partial charge in [0.15, 0.2) is 0 Å². The van der Waals surface area contributed by atoms with E-state index in [1.165, 1.54) is 16.8 Å². The summed E-state index contributed by atoms with van der Waals surface area (Å²) in [7, 11) is 0. The highest BCUT2D eigenvalue weighted by Gasteiger charge is 2.40. The molecule has 140 valence electrons. The fraction of sp³-hybridized carbons (Fsp3) is 0.222. The Kier molecular flexibility index (Phi) is 4.30. The van der Waals surface area contributed by atoms with Gasteiger partial charge in [-0.3, -0.25) is 0 Å². The Labute approximate surface area is 156 Å². The van der Waals surface area contributed by atoms with Crippen LogP contribution in [0, 0.1) is 5.82 Å². The smallest absolute Gasteiger partial charge is 0.348 e. The fourth-order valence-corrected chi connectivity index (χ4v) is 3.30. The SMILES string of the molecule is Fc1ccc([C@H]2C[C@@H](c3ccc(Cl)cc3)n3nc(C(F)(F)F)nc3N2)cc1. The number of fused-ring (bicyclic) bond motifs is 1. The van der Waals surface area contributed by atoms with Gasteiger partial charge in [0.25, 0.3) is 5.82 Å². The van der Waals surface area contributed by atoms with Crippen molar-refractivity contribution in [2.75, 3.05) is 5.32 Å². The predicted octanol–water partition coefficient (Wildman–Crippen LogP) is 5.24. The molecule has 0 spiro atoms. The van der Waals surface area contributed by atoms with Crippen LogP contribution in [0.3, 0.4) is 0 Å². The molecule has 0 saturated carbocycles. The summed E-state index contributed by atoms with van der Waals surface area (Å²) in [4.78, 5) is 3.62. The van der Waals surface area contributed by atoms with Crippen LogP contribution in [-0.2, 0) is 6.18 Å². The van der Waals surface area contributed by atoms with Gasteiger partial charge in [-0.1, -0.05) is 35.9 Å². The van der Waals surface area contributed by atoms with Crippen molar-refractivity contribution < 1.29 is 17.6 Å². The molecular weight excluding hydrogens is 384 g/mol. The van der Waals surface area contributed by atoms with Gasteiger partial charge in [0.05, 0.1) is 12.1 Å². The van der Waals surface area contributed by atoms with E-state index in [4.69, 9.17) is 11.6 Å². The van der Waals surface area contributed by atoms with Gasteiger partial charge in [0.1, 0.15) is 5.82 Å². The van der Waals surface area contributed by atoms with E-state index in [0.717, 1.165) is 11.1 Å². The minimum Gasteiger partial charge on any atom is -0.348 e. The molecule has 0 bridgehead atoms. The maximum atomic E-state index is 13.2. The van der Waals surface area contributed by atoms with Crippen LogP contribution in [-0.4, -0.2) is 14.8 Å². The van der Waals surface area contributed by atoms with E-state index in [-0.39, 0.29) is 17.8 Å². The zero-order valence-corrected chi connectivity index (χ0v) is 14.5. The van der Waals surface area contributed by atoms with Crippen molar-refractivity contribution in [3.8, 4) is 0 Å². The third kappa shape index (κ3) is 3.49. The van der Waals surface area contributed by atoms with Crippen LogP contribution < -0.4 is 5.32 Å². The highest BCUT2D eigenvalue weighted by atomic mass is 35.5. The molecule has 4 nitrogen and oxygen atoms in total. The van der Waals surface area contributed by atoms with Crippen LogP contribution >= 0.6 is 11.6 Å². The Morgan fingerprint density at radius 2 is 1.63 bits per heavy atom. The number of nitrogens with one attached hydrogen (secondary N) is 1. The summed E-state index contributed by atoms with van der Waals surface area (Å²) >= 11 is 5.92. The second kappa shape index (κ2) is 6.53. The number of hydrogen-bond acceptors (Lipinski definition) is 3. The molecule has 1 aliphatic heterocycles. The first-order chi connectivity index (χ1) is 12.8. The Bertz CT molecular complexity index is 951. The monoisotopic (exact) mass is 396 g/mol. The Balaban J connectivity index is 1.78. The molecule has 0 fully saturated rings. The van der Waals surface area contributed by atoms with Crippen molar-refractivity contribution in [2.24, 2.45) is 0 Å². The zero-order valence-electron chi connectivity index (χ0n) is 13.7. The van der Waals surface area contributed by atoms with E-state index < -0.39 is 18.0 Å². The van der Waals surface area contributed by atoms with Crippen LogP contribution in [0.2, 0.25) is 5.02 Å². The number of halogens is 5. The lowest BCUT2D eigenvalue weighted by molar-refractivity contribution is -0.145. The van der Waals surface area contributed by atoms with E-state index in [1.807, 2.05) is 0 Å². The lowest BCUT2D eigenvalue weighted by atomic mass is 9.93. The summed E-state index contributed by atoms with van der Waals surface area (Å²) in [6.45, 7) is 0. The average molecular weight is 397 g/mol. The first-order valence-electron chi connectivity index (χ1n) is 8.12. The Morgan fingerprint density at radius 1 is 1.00 bits per heavy atom. The number of benzene rings is 2. The Hall–Kier alpha value is -2.61. The molecule has 3 aromatic rings. The van der Waals surface area contributed by atoms with Gasteiger partial charge in [0.2, 0.25) is 5.95 Å². The molecule has 0 radical (unpaired) electrons. The molecule has 0 aliphatic carbocycles. The van der Waals surface area contributed by atoms with Crippen LogP contribution in [0.15, 0.2) is 48.5 Å². The molecule has 0 saturated heterocycles. The van der Waals surface area contributed by atoms with Gasteiger partial charge in [0, 0.05) is 5.02 Å². The number of aromatic nitrogens is 3. The molecule has 2 aromatic carbocycles. The van der Waals surface area contributed by atoms with Crippen molar-refractivity contribution in [3.05, 3.63) is 76.3 Å². The normalized spacial score (nSPS) is 19.4. The van der Waals surface area contributed by atoms with Gasteiger partial charge in [-0.2, -0.15) is 18.2 Å². The van der Waals surface area contributed by atoms with Crippen molar-refractivity contribution in [1.82, 2.24) is 14.8 Å². The molecular formula is C18H13ClF4N4. The fourth-order valence-electron chi connectivity index (χ4n) is 3.17. The summed E-state index contributed by atoms with van der Waals surface area (Å²) in [5, 5.41) is 7.17. The first kappa shape index (κ1) is 17.8. The van der Waals surface area contributed by atoms with Gasteiger partial charge in [-0.05, 0) is 41.8 Å². The third-order valence-electron chi connectivity index (χ3n) is 4.47. The maximum Gasteiger partial charge on any atom is 0.453 e. The van der Waals surface area contributed by atoms with Crippen molar-refractivity contribution in [1.29, 1.82) is 0 Å². The Morgan fingerprint density at radius 3 is 2.26 bits per heavy atom. The number of rotatable bonds is 2. The van der Waals surface area contributed by atoms with Gasteiger partial charge in [-0.15, -0.1) is 5.10 Å². The van der Waals surface area contributed by atoms with Crippen LogP contribution in [0.1, 0.15) is 35.5 Å². The number of nitrogens with zero attached hydrogens (tertiary/aromatic N) is 3. The molecule has 2 heterocycles.